The van der Waals surface area contributed by atoms with Gasteiger partial charge in [0.1, 0.15) is 0 Å². The average molecular weight is 209 g/mol. The third kappa shape index (κ3) is 2.09. The first-order chi connectivity index (χ1) is 7.18. The predicted molar refractivity (Wildman–Crippen MR) is 54.1 cm³/mol. The second kappa shape index (κ2) is 4.14. The van der Waals surface area contributed by atoms with Crippen molar-refractivity contribution in [1.82, 2.24) is 4.90 Å². The van der Waals surface area contributed by atoms with E-state index in [1.54, 1.807) is 6.92 Å². The van der Waals surface area contributed by atoms with Gasteiger partial charge >= 0.3 is 0 Å². The highest BCUT2D eigenvalue weighted by Crippen LogP contribution is 2.18. The molecule has 0 aromatic heterocycles. The first kappa shape index (κ1) is 10.4. The number of nitrogens with zero attached hydrogens (tertiary/aromatic N) is 1. The van der Waals surface area contributed by atoms with Crippen LogP contribution in [0.1, 0.15) is 26.2 Å². The van der Waals surface area contributed by atoms with Crippen molar-refractivity contribution < 1.29 is 14.3 Å². The molecule has 0 aromatic carbocycles. The third-order valence-corrected chi connectivity index (χ3v) is 2.85. The van der Waals surface area contributed by atoms with Crippen LogP contribution in [0.15, 0.2) is 11.6 Å². The van der Waals surface area contributed by atoms with Gasteiger partial charge in [-0.3, -0.25) is 14.5 Å². The van der Waals surface area contributed by atoms with Gasteiger partial charge in [0.15, 0.2) is 0 Å². The number of hydrogen-bond donors (Lipinski definition) is 0. The Labute approximate surface area is 88.9 Å². The fraction of sp³-hybridized carbons (Fsp3) is 0.636. The quantitative estimate of drug-likeness (QED) is 0.634. The number of amides is 2. The summed E-state index contributed by atoms with van der Waals surface area (Å²) in [6, 6.07) is 0. The molecule has 0 spiro atoms. The zero-order valence-corrected chi connectivity index (χ0v) is 8.86. The van der Waals surface area contributed by atoms with Gasteiger partial charge < -0.3 is 4.74 Å². The summed E-state index contributed by atoms with van der Waals surface area (Å²) in [7, 11) is 0. The van der Waals surface area contributed by atoms with Crippen LogP contribution in [0, 0.1) is 0 Å². The molecule has 0 saturated carbocycles. The standard InChI is InChI=1S/C11H15NO3/c1-8-6-10(13)12(11(8)14)7-9-4-2-3-5-15-9/h6,9H,2-5,7H2,1H3. The van der Waals surface area contributed by atoms with Gasteiger partial charge in [0.25, 0.3) is 11.8 Å². The van der Waals surface area contributed by atoms with Gasteiger partial charge in [0.05, 0.1) is 12.6 Å². The highest BCUT2D eigenvalue weighted by atomic mass is 16.5. The van der Waals surface area contributed by atoms with Crippen molar-refractivity contribution >= 4 is 11.8 Å². The Morgan fingerprint density at radius 2 is 2.27 bits per heavy atom. The number of hydrogen-bond acceptors (Lipinski definition) is 3. The molecule has 15 heavy (non-hydrogen) atoms. The fourth-order valence-electron chi connectivity index (χ4n) is 1.97. The topological polar surface area (TPSA) is 46.6 Å². The lowest BCUT2D eigenvalue weighted by molar-refractivity contribution is -0.140. The molecule has 4 heteroatoms. The van der Waals surface area contributed by atoms with Crippen LogP contribution in [0.4, 0.5) is 0 Å². The van der Waals surface area contributed by atoms with E-state index in [1.807, 2.05) is 0 Å². The van der Waals surface area contributed by atoms with E-state index < -0.39 is 0 Å². The van der Waals surface area contributed by atoms with E-state index >= 15 is 0 Å². The zero-order valence-electron chi connectivity index (χ0n) is 8.86. The van der Waals surface area contributed by atoms with E-state index in [1.165, 1.54) is 11.0 Å². The monoisotopic (exact) mass is 209 g/mol. The maximum atomic E-state index is 11.6. The Morgan fingerprint density at radius 1 is 1.47 bits per heavy atom. The maximum absolute atomic E-state index is 11.6. The molecular weight excluding hydrogens is 194 g/mol. The molecular formula is C11H15NO3. The molecule has 0 N–H and O–H groups in total. The van der Waals surface area contributed by atoms with Gasteiger partial charge in [-0.2, -0.15) is 0 Å². The summed E-state index contributed by atoms with van der Waals surface area (Å²) < 4.78 is 5.50. The second-order valence-electron chi connectivity index (χ2n) is 4.07. The predicted octanol–water partition coefficient (Wildman–Crippen LogP) is 0.871. The first-order valence-corrected chi connectivity index (χ1v) is 5.34. The maximum Gasteiger partial charge on any atom is 0.256 e. The minimum Gasteiger partial charge on any atom is -0.376 e. The van der Waals surface area contributed by atoms with Crippen molar-refractivity contribution in [3.63, 3.8) is 0 Å². The number of imide groups is 1. The van der Waals surface area contributed by atoms with E-state index in [0.29, 0.717) is 12.1 Å². The molecule has 1 atom stereocenters. The Balaban J connectivity index is 1.95. The van der Waals surface area contributed by atoms with Gasteiger partial charge in [-0.25, -0.2) is 0 Å². The van der Waals surface area contributed by atoms with Gasteiger partial charge in [0, 0.05) is 18.3 Å². The molecule has 2 aliphatic rings. The minimum absolute atomic E-state index is 0.0333. The summed E-state index contributed by atoms with van der Waals surface area (Å²) in [5.74, 6) is -0.374. The highest BCUT2D eigenvalue weighted by molar-refractivity contribution is 6.15. The minimum atomic E-state index is -0.202. The average Bonchev–Trinajstić information content (AvgIpc) is 2.47. The molecule has 1 fully saturated rings. The van der Waals surface area contributed by atoms with Crippen LogP contribution in [0.3, 0.4) is 0 Å². The molecule has 2 rings (SSSR count). The molecule has 82 valence electrons. The summed E-state index contributed by atoms with van der Waals surface area (Å²) in [4.78, 5) is 24.3. The Kier molecular flexibility index (Phi) is 2.86. The van der Waals surface area contributed by atoms with Gasteiger partial charge in [0.2, 0.25) is 0 Å². The lowest BCUT2D eigenvalue weighted by Crippen LogP contribution is -2.39. The van der Waals surface area contributed by atoms with Gasteiger partial charge in [-0.05, 0) is 26.2 Å². The normalized spacial score (nSPS) is 27.1. The van der Waals surface area contributed by atoms with Crippen LogP contribution in [0.5, 0.6) is 0 Å². The number of ether oxygens (including phenoxy) is 1. The Hall–Kier alpha value is -1.16. The van der Waals surface area contributed by atoms with Gasteiger partial charge in [-0.15, -0.1) is 0 Å². The molecule has 0 aromatic rings. The van der Waals surface area contributed by atoms with Crippen molar-refractivity contribution in [3.8, 4) is 0 Å². The summed E-state index contributed by atoms with van der Waals surface area (Å²) in [5.41, 5.74) is 0.524. The Morgan fingerprint density at radius 3 is 2.80 bits per heavy atom. The van der Waals surface area contributed by atoms with Crippen LogP contribution in [-0.4, -0.2) is 36.0 Å². The van der Waals surface area contributed by atoms with Crippen molar-refractivity contribution in [1.29, 1.82) is 0 Å². The van der Waals surface area contributed by atoms with Crippen molar-refractivity contribution in [2.24, 2.45) is 0 Å². The summed E-state index contributed by atoms with van der Waals surface area (Å²) in [6.45, 7) is 2.82. The smallest absolute Gasteiger partial charge is 0.256 e. The van der Waals surface area contributed by atoms with Gasteiger partial charge in [-0.1, -0.05) is 0 Å². The Bertz CT molecular complexity index is 316. The molecule has 2 heterocycles. The third-order valence-electron chi connectivity index (χ3n) is 2.85. The molecule has 0 aliphatic carbocycles. The van der Waals surface area contributed by atoms with E-state index in [4.69, 9.17) is 4.74 Å². The molecule has 2 amide bonds. The van der Waals surface area contributed by atoms with Crippen LogP contribution in [0.2, 0.25) is 0 Å². The van der Waals surface area contributed by atoms with E-state index in [-0.39, 0.29) is 17.9 Å². The molecule has 0 radical (unpaired) electrons. The molecule has 2 aliphatic heterocycles. The van der Waals surface area contributed by atoms with Crippen molar-refractivity contribution in [2.75, 3.05) is 13.2 Å². The molecule has 0 bridgehead atoms. The summed E-state index contributed by atoms with van der Waals surface area (Å²) in [5, 5.41) is 0. The number of rotatable bonds is 2. The van der Waals surface area contributed by atoms with Crippen LogP contribution >= 0.6 is 0 Å². The van der Waals surface area contributed by atoms with Crippen LogP contribution in [-0.2, 0) is 14.3 Å². The second-order valence-corrected chi connectivity index (χ2v) is 4.07. The number of carbonyl (C=O) groups is 2. The molecule has 1 unspecified atom stereocenters. The fourth-order valence-corrected chi connectivity index (χ4v) is 1.97. The lowest BCUT2D eigenvalue weighted by Gasteiger charge is -2.26. The van der Waals surface area contributed by atoms with Crippen molar-refractivity contribution in [2.45, 2.75) is 32.3 Å². The zero-order chi connectivity index (χ0) is 10.8. The largest absolute Gasteiger partial charge is 0.376 e. The van der Waals surface area contributed by atoms with Crippen LogP contribution < -0.4 is 0 Å². The summed E-state index contributed by atoms with van der Waals surface area (Å²) >= 11 is 0. The highest BCUT2D eigenvalue weighted by Gasteiger charge is 2.31. The van der Waals surface area contributed by atoms with Crippen molar-refractivity contribution in [3.05, 3.63) is 11.6 Å². The molecule has 4 nitrogen and oxygen atoms in total. The number of carbonyl (C=O) groups excluding carboxylic acids is 2. The lowest BCUT2D eigenvalue weighted by atomic mass is 10.1. The van der Waals surface area contributed by atoms with E-state index in [0.717, 1.165) is 25.9 Å². The van der Waals surface area contributed by atoms with E-state index in [2.05, 4.69) is 0 Å². The SMILES string of the molecule is CC1=CC(=O)N(CC2CCCCO2)C1=O. The first-order valence-electron chi connectivity index (χ1n) is 5.34. The molecule has 1 saturated heterocycles. The van der Waals surface area contributed by atoms with Crippen LogP contribution in [0.25, 0.3) is 0 Å². The summed E-state index contributed by atoms with van der Waals surface area (Å²) in [6.07, 6.45) is 4.57. The van der Waals surface area contributed by atoms with E-state index in [9.17, 15) is 9.59 Å².